The van der Waals surface area contributed by atoms with Crippen LogP contribution >= 0.6 is 23.1 Å². The first kappa shape index (κ1) is 30.3. The van der Waals surface area contributed by atoms with Crippen LogP contribution in [0.5, 0.6) is 0 Å². The van der Waals surface area contributed by atoms with Crippen LogP contribution in [0, 0.1) is 11.3 Å². The van der Waals surface area contributed by atoms with Crippen molar-refractivity contribution >= 4 is 86.9 Å². The predicted octanol–water partition coefficient (Wildman–Crippen LogP) is 13.3. The summed E-state index contributed by atoms with van der Waals surface area (Å²) in [7, 11) is 0. The minimum atomic E-state index is 0.676. The molecule has 0 aliphatic heterocycles. The number of nitrogens with zero attached hydrogens (tertiary/aromatic N) is 3. The van der Waals surface area contributed by atoms with Gasteiger partial charge >= 0.3 is 0 Å². The number of para-hydroxylation sites is 2. The maximum absolute atomic E-state index is 9.19. The first-order valence-electron chi connectivity index (χ1n) is 16.9. The highest BCUT2D eigenvalue weighted by Gasteiger charge is 2.20. The first-order valence-corrected chi connectivity index (χ1v) is 18.5. The minimum absolute atomic E-state index is 0.676. The quantitative estimate of drug-likeness (QED) is 0.186. The Bertz CT molecular complexity index is 2900. The van der Waals surface area contributed by atoms with Crippen molar-refractivity contribution in [3.8, 4) is 17.4 Å². The zero-order valence-corrected chi connectivity index (χ0v) is 29.2. The van der Waals surface area contributed by atoms with Crippen molar-refractivity contribution in [3.05, 3.63) is 157 Å². The highest BCUT2D eigenvalue weighted by Crippen LogP contribution is 2.43. The fourth-order valence-electron chi connectivity index (χ4n) is 7.23. The summed E-state index contributed by atoms with van der Waals surface area (Å²) in [5.41, 5.74) is 7.78. The smallest absolute Gasteiger partial charge is 0.0991 e. The van der Waals surface area contributed by atoms with E-state index in [4.69, 9.17) is 0 Å². The van der Waals surface area contributed by atoms with Crippen molar-refractivity contribution < 1.29 is 0 Å². The Morgan fingerprint density at radius 1 is 0.460 bits per heavy atom. The van der Waals surface area contributed by atoms with Gasteiger partial charge in [0.05, 0.1) is 33.7 Å². The molecule has 10 aromatic rings. The van der Waals surface area contributed by atoms with Crippen LogP contribution in [-0.2, 0) is 0 Å². The summed E-state index contributed by atoms with van der Waals surface area (Å²) in [6.07, 6.45) is 0. The molecule has 7 aromatic carbocycles. The normalized spacial score (nSPS) is 11.5. The minimum Gasteiger partial charge on any atom is -0.309 e. The van der Waals surface area contributed by atoms with E-state index in [-0.39, 0.29) is 0 Å². The van der Waals surface area contributed by atoms with Crippen LogP contribution in [0.1, 0.15) is 19.4 Å². The Kier molecular flexibility index (Phi) is 7.43. The number of hydrogen-bond acceptors (Lipinski definition) is 3. The average Bonchev–Trinajstić information content (AvgIpc) is 3.81. The van der Waals surface area contributed by atoms with Gasteiger partial charge in [-0.25, -0.2) is 0 Å². The molecule has 0 saturated carbocycles. The predicted molar refractivity (Wildman–Crippen MR) is 215 cm³/mol. The zero-order chi connectivity index (χ0) is 33.8. The molecule has 0 aliphatic rings. The molecule has 3 heterocycles. The third kappa shape index (κ3) is 4.80. The van der Waals surface area contributed by atoms with Crippen LogP contribution < -0.4 is 0 Å². The molecule has 0 aliphatic carbocycles. The lowest BCUT2D eigenvalue weighted by molar-refractivity contribution is 1.17. The molecular formula is C45H31N3S2. The highest BCUT2D eigenvalue weighted by atomic mass is 32.2. The fourth-order valence-corrected chi connectivity index (χ4v) is 9.16. The number of benzene rings is 7. The second-order valence-corrected chi connectivity index (χ2v) is 14.3. The molecule has 0 spiro atoms. The van der Waals surface area contributed by atoms with Gasteiger partial charge in [0.15, 0.2) is 0 Å². The van der Waals surface area contributed by atoms with Gasteiger partial charge in [0.2, 0.25) is 0 Å². The van der Waals surface area contributed by atoms with Crippen LogP contribution in [-0.4, -0.2) is 9.13 Å². The van der Waals surface area contributed by atoms with E-state index < -0.39 is 0 Å². The molecule has 10 rings (SSSR count). The molecule has 50 heavy (non-hydrogen) atoms. The zero-order valence-electron chi connectivity index (χ0n) is 27.6. The molecule has 0 radical (unpaired) electrons. The van der Waals surface area contributed by atoms with E-state index in [1.807, 2.05) is 49.4 Å². The Morgan fingerprint density at radius 2 is 1.00 bits per heavy atom. The topological polar surface area (TPSA) is 33.6 Å². The van der Waals surface area contributed by atoms with Crippen molar-refractivity contribution in [1.82, 2.24) is 9.13 Å². The molecule has 3 aromatic heterocycles. The molecule has 5 heteroatoms. The van der Waals surface area contributed by atoms with Crippen molar-refractivity contribution in [3.63, 3.8) is 0 Å². The van der Waals surface area contributed by atoms with E-state index in [0.29, 0.717) is 5.56 Å². The average molecular weight is 678 g/mol. The second kappa shape index (κ2) is 12.3. The van der Waals surface area contributed by atoms with Crippen molar-refractivity contribution in [1.29, 1.82) is 5.26 Å². The second-order valence-electron chi connectivity index (χ2n) is 12.1. The van der Waals surface area contributed by atoms with Gasteiger partial charge in [0, 0.05) is 62.9 Å². The molecule has 0 unspecified atom stereocenters. The number of fused-ring (bicyclic) bond motifs is 9. The van der Waals surface area contributed by atoms with Crippen molar-refractivity contribution in [2.24, 2.45) is 0 Å². The van der Waals surface area contributed by atoms with Crippen molar-refractivity contribution in [2.45, 2.75) is 23.6 Å². The van der Waals surface area contributed by atoms with Gasteiger partial charge in [0.1, 0.15) is 0 Å². The van der Waals surface area contributed by atoms with E-state index in [2.05, 4.69) is 143 Å². The van der Waals surface area contributed by atoms with Gasteiger partial charge in [-0.3, -0.25) is 0 Å². The third-order valence-corrected chi connectivity index (χ3v) is 11.5. The molecule has 3 nitrogen and oxygen atoms in total. The summed E-state index contributed by atoms with van der Waals surface area (Å²) in [6, 6.07) is 56.6. The largest absolute Gasteiger partial charge is 0.309 e. The Morgan fingerprint density at radius 3 is 1.72 bits per heavy atom. The lowest BCUT2D eigenvalue weighted by atomic mass is 10.1. The van der Waals surface area contributed by atoms with E-state index in [1.165, 1.54) is 63.8 Å². The highest BCUT2D eigenvalue weighted by molar-refractivity contribution is 7.99. The van der Waals surface area contributed by atoms with Gasteiger partial charge in [-0.2, -0.15) is 5.26 Å². The van der Waals surface area contributed by atoms with E-state index >= 15 is 0 Å². The Balaban J connectivity index is 0.00000165. The fraction of sp³-hybridized carbons (Fsp3) is 0.0444. The van der Waals surface area contributed by atoms with Gasteiger partial charge in [-0.05, 0) is 97.1 Å². The Hall–Kier alpha value is -5.80. The summed E-state index contributed by atoms with van der Waals surface area (Å²) in [5.74, 6) is 0. The monoisotopic (exact) mass is 677 g/mol. The summed E-state index contributed by atoms with van der Waals surface area (Å²) in [4.78, 5) is 2.27. The maximum atomic E-state index is 9.19. The van der Waals surface area contributed by atoms with E-state index in [9.17, 15) is 5.26 Å². The van der Waals surface area contributed by atoms with E-state index in [0.717, 1.165) is 21.2 Å². The molecule has 0 atom stereocenters. The summed E-state index contributed by atoms with van der Waals surface area (Å²) < 4.78 is 7.45. The maximum Gasteiger partial charge on any atom is 0.0991 e. The summed E-state index contributed by atoms with van der Waals surface area (Å²) >= 11 is 3.57. The standard InChI is InChI=1S/C43H25N3S2.C2H6/c44-26-27-14-18-30(19-15-27)47-31-20-16-29(17-21-31)46-40-23-35-32-10-4-6-12-38(32)45(28-8-2-1-3-9-28)39(35)24-36(40)34-22-37-33-11-5-7-13-42(33)48-43(37)25-41(34)46;1-2/h1-25H;1-2H3. The van der Waals surface area contributed by atoms with Gasteiger partial charge < -0.3 is 9.13 Å². The van der Waals surface area contributed by atoms with Gasteiger partial charge in [-0.1, -0.05) is 80.2 Å². The lowest BCUT2D eigenvalue weighted by Gasteiger charge is -2.10. The lowest BCUT2D eigenvalue weighted by Crippen LogP contribution is -1.94. The molecule has 0 fully saturated rings. The molecule has 238 valence electrons. The van der Waals surface area contributed by atoms with Gasteiger partial charge in [-0.15, -0.1) is 11.3 Å². The van der Waals surface area contributed by atoms with E-state index in [1.54, 1.807) is 11.8 Å². The Labute approximate surface area is 298 Å². The molecule has 0 amide bonds. The van der Waals surface area contributed by atoms with Crippen molar-refractivity contribution in [2.75, 3.05) is 0 Å². The molecular weight excluding hydrogens is 647 g/mol. The molecule has 0 N–H and O–H groups in total. The third-order valence-electron chi connectivity index (χ3n) is 9.39. The summed E-state index contributed by atoms with van der Waals surface area (Å²) in [5, 5.41) is 16.8. The SMILES string of the molecule is CC.N#Cc1ccc(Sc2ccc(-n3c4cc5sc6ccccc6c5cc4c4cc5c(cc43)c3ccccc3n5-c3ccccc3)cc2)cc1. The van der Waals surface area contributed by atoms with Crippen LogP contribution in [0.3, 0.4) is 0 Å². The first-order chi connectivity index (χ1) is 24.7. The molecule has 0 bridgehead atoms. The number of aromatic nitrogens is 2. The number of nitriles is 1. The van der Waals surface area contributed by atoms with Gasteiger partial charge in [0.25, 0.3) is 0 Å². The summed E-state index contributed by atoms with van der Waals surface area (Å²) in [6.45, 7) is 4.00. The van der Waals surface area contributed by atoms with Crippen LogP contribution in [0.4, 0.5) is 0 Å². The van der Waals surface area contributed by atoms with Crippen LogP contribution in [0.25, 0.3) is 75.2 Å². The van der Waals surface area contributed by atoms with Crippen LogP contribution in [0.15, 0.2) is 161 Å². The number of thiophene rings is 1. The number of hydrogen-bond donors (Lipinski definition) is 0. The van der Waals surface area contributed by atoms with Crippen LogP contribution in [0.2, 0.25) is 0 Å². The molecule has 0 saturated heterocycles. The number of rotatable bonds is 4.